The van der Waals surface area contributed by atoms with Crippen molar-refractivity contribution < 1.29 is 14.3 Å². The van der Waals surface area contributed by atoms with Crippen LogP contribution in [0.3, 0.4) is 0 Å². The fraction of sp³-hybridized carbons (Fsp3) is 0.0476. The van der Waals surface area contributed by atoms with Crippen LogP contribution in [0.1, 0.15) is 15.9 Å². The van der Waals surface area contributed by atoms with Gasteiger partial charge in [-0.15, -0.1) is 0 Å². The number of ether oxygens (including phenoxy) is 1. The number of anilines is 1. The van der Waals surface area contributed by atoms with Gasteiger partial charge in [0.15, 0.2) is 12.4 Å². The largest absolute Gasteiger partial charge is 0.484 e. The molecule has 4 nitrogen and oxygen atoms in total. The molecule has 0 atom stereocenters. The molecule has 0 aromatic heterocycles. The van der Waals surface area contributed by atoms with Gasteiger partial charge in [0.2, 0.25) is 0 Å². The first-order valence-electron chi connectivity index (χ1n) is 8.10. The number of amides is 1. The molecular formula is C21H15Cl2NO3. The Labute approximate surface area is 166 Å². The Morgan fingerprint density at radius 3 is 2.22 bits per heavy atom. The highest BCUT2D eigenvalue weighted by Crippen LogP contribution is 2.25. The van der Waals surface area contributed by atoms with E-state index in [9.17, 15) is 9.59 Å². The zero-order valence-electron chi connectivity index (χ0n) is 14.1. The summed E-state index contributed by atoms with van der Waals surface area (Å²) >= 11 is 11.9. The van der Waals surface area contributed by atoms with E-state index in [4.69, 9.17) is 27.9 Å². The monoisotopic (exact) mass is 399 g/mol. The maximum absolute atomic E-state index is 12.4. The van der Waals surface area contributed by atoms with Crippen LogP contribution >= 0.6 is 23.2 Å². The Kier molecular flexibility index (Phi) is 6.12. The summed E-state index contributed by atoms with van der Waals surface area (Å²) in [5, 5.41) is 3.49. The first-order valence-corrected chi connectivity index (χ1v) is 8.86. The minimum atomic E-state index is -0.372. The summed E-state index contributed by atoms with van der Waals surface area (Å²) in [5.41, 5.74) is 1.58. The van der Waals surface area contributed by atoms with Crippen molar-refractivity contribution in [3.05, 3.63) is 94.0 Å². The van der Waals surface area contributed by atoms with Crippen molar-refractivity contribution in [1.29, 1.82) is 0 Å². The minimum Gasteiger partial charge on any atom is -0.484 e. The van der Waals surface area contributed by atoms with E-state index in [0.717, 1.165) is 0 Å². The second kappa shape index (κ2) is 8.71. The van der Waals surface area contributed by atoms with Crippen LogP contribution in [0.2, 0.25) is 10.0 Å². The molecule has 6 heteroatoms. The third-order valence-electron chi connectivity index (χ3n) is 3.72. The van der Waals surface area contributed by atoms with E-state index in [1.807, 2.05) is 18.2 Å². The Morgan fingerprint density at radius 1 is 0.852 bits per heavy atom. The molecule has 3 aromatic carbocycles. The second-order valence-electron chi connectivity index (χ2n) is 5.68. The normalized spacial score (nSPS) is 10.3. The van der Waals surface area contributed by atoms with E-state index < -0.39 is 0 Å². The lowest BCUT2D eigenvalue weighted by Crippen LogP contribution is -2.20. The molecule has 136 valence electrons. The molecule has 0 saturated heterocycles. The van der Waals surface area contributed by atoms with Crippen molar-refractivity contribution in [3.8, 4) is 5.75 Å². The Bertz CT molecular complexity index is 957. The summed E-state index contributed by atoms with van der Waals surface area (Å²) in [6, 6.07) is 20.4. The molecule has 1 N–H and O–H groups in total. The first-order chi connectivity index (χ1) is 13.0. The fourth-order valence-electron chi connectivity index (χ4n) is 2.39. The van der Waals surface area contributed by atoms with E-state index >= 15 is 0 Å². The predicted molar refractivity (Wildman–Crippen MR) is 107 cm³/mol. The summed E-state index contributed by atoms with van der Waals surface area (Å²) in [6.07, 6.45) is 0. The molecule has 3 aromatic rings. The lowest BCUT2D eigenvalue weighted by molar-refractivity contribution is -0.118. The second-order valence-corrected chi connectivity index (χ2v) is 6.52. The van der Waals surface area contributed by atoms with E-state index in [0.29, 0.717) is 32.6 Å². The third-order valence-corrected chi connectivity index (χ3v) is 4.29. The third kappa shape index (κ3) is 5.09. The van der Waals surface area contributed by atoms with E-state index in [2.05, 4.69) is 5.32 Å². The SMILES string of the molecule is O=C(COc1ccc(C(=O)c2ccccc2)cc1)Nc1cc(Cl)ccc1Cl. The summed E-state index contributed by atoms with van der Waals surface area (Å²) in [5.74, 6) is 0.0334. The average molecular weight is 400 g/mol. The van der Waals surface area contributed by atoms with E-state index in [1.54, 1.807) is 54.6 Å². The summed E-state index contributed by atoms with van der Waals surface area (Å²) in [7, 11) is 0. The van der Waals surface area contributed by atoms with Gasteiger partial charge in [-0.1, -0.05) is 53.5 Å². The van der Waals surface area contributed by atoms with Gasteiger partial charge in [0, 0.05) is 16.1 Å². The summed E-state index contributed by atoms with van der Waals surface area (Å²) in [4.78, 5) is 24.4. The number of benzene rings is 3. The standard InChI is InChI=1S/C21H15Cl2NO3/c22-16-8-11-18(23)19(12-16)24-20(25)13-27-17-9-6-15(7-10-17)21(26)14-4-2-1-3-5-14/h1-12H,13H2,(H,24,25). The summed E-state index contributed by atoms with van der Waals surface area (Å²) in [6.45, 7) is -0.200. The highest BCUT2D eigenvalue weighted by molar-refractivity contribution is 6.35. The van der Waals surface area contributed by atoms with Crippen LogP contribution in [0.15, 0.2) is 72.8 Å². The maximum Gasteiger partial charge on any atom is 0.262 e. The van der Waals surface area contributed by atoms with Crippen LogP contribution in [0.5, 0.6) is 5.75 Å². The zero-order valence-corrected chi connectivity index (χ0v) is 15.6. The molecule has 0 radical (unpaired) electrons. The van der Waals surface area contributed by atoms with Crippen molar-refractivity contribution in [2.75, 3.05) is 11.9 Å². The van der Waals surface area contributed by atoms with Gasteiger partial charge in [-0.05, 0) is 42.5 Å². The Hall–Kier alpha value is -2.82. The highest BCUT2D eigenvalue weighted by atomic mass is 35.5. The molecule has 0 spiro atoms. The van der Waals surface area contributed by atoms with Gasteiger partial charge in [-0.25, -0.2) is 0 Å². The van der Waals surface area contributed by atoms with Crippen LogP contribution in [-0.4, -0.2) is 18.3 Å². The smallest absolute Gasteiger partial charge is 0.262 e. The van der Waals surface area contributed by atoms with Crippen molar-refractivity contribution in [3.63, 3.8) is 0 Å². The predicted octanol–water partition coefficient (Wildman–Crippen LogP) is 5.24. The zero-order chi connectivity index (χ0) is 19.2. The van der Waals surface area contributed by atoms with Crippen LogP contribution in [-0.2, 0) is 4.79 Å². The molecule has 0 aliphatic rings. The fourth-order valence-corrected chi connectivity index (χ4v) is 2.72. The van der Waals surface area contributed by atoms with Crippen molar-refractivity contribution >= 4 is 40.6 Å². The topological polar surface area (TPSA) is 55.4 Å². The molecule has 1 amide bonds. The Morgan fingerprint density at radius 2 is 1.52 bits per heavy atom. The van der Waals surface area contributed by atoms with Crippen LogP contribution in [0.25, 0.3) is 0 Å². The lowest BCUT2D eigenvalue weighted by atomic mass is 10.0. The number of carbonyl (C=O) groups is 2. The highest BCUT2D eigenvalue weighted by Gasteiger charge is 2.10. The maximum atomic E-state index is 12.4. The molecule has 3 rings (SSSR count). The van der Waals surface area contributed by atoms with Gasteiger partial charge in [0.1, 0.15) is 5.75 Å². The molecular weight excluding hydrogens is 385 g/mol. The molecule has 0 aliphatic carbocycles. The molecule has 0 aliphatic heterocycles. The molecule has 0 heterocycles. The average Bonchev–Trinajstić information content (AvgIpc) is 2.70. The number of hydrogen-bond acceptors (Lipinski definition) is 3. The number of hydrogen-bond donors (Lipinski definition) is 1. The van der Waals surface area contributed by atoms with Crippen molar-refractivity contribution in [1.82, 2.24) is 0 Å². The van der Waals surface area contributed by atoms with Gasteiger partial charge in [-0.2, -0.15) is 0 Å². The number of carbonyl (C=O) groups excluding carboxylic acids is 2. The molecule has 0 bridgehead atoms. The van der Waals surface area contributed by atoms with Crippen LogP contribution in [0, 0.1) is 0 Å². The van der Waals surface area contributed by atoms with Crippen molar-refractivity contribution in [2.45, 2.75) is 0 Å². The van der Waals surface area contributed by atoms with Gasteiger partial charge in [-0.3, -0.25) is 9.59 Å². The number of rotatable bonds is 6. The van der Waals surface area contributed by atoms with Gasteiger partial charge in [0.05, 0.1) is 10.7 Å². The van der Waals surface area contributed by atoms with E-state index in [-0.39, 0.29) is 18.3 Å². The van der Waals surface area contributed by atoms with Crippen molar-refractivity contribution in [2.24, 2.45) is 0 Å². The number of halogens is 2. The Balaban J connectivity index is 1.58. The molecule has 0 fully saturated rings. The lowest BCUT2D eigenvalue weighted by Gasteiger charge is -2.09. The molecule has 0 unspecified atom stereocenters. The first kappa shape index (κ1) is 19.0. The minimum absolute atomic E-state index is 0.0736. The van der Waals surface area contributed by atoms with Gasteiger partial charge >= 0.3 is 0 Å². The van der Waals surface area contributed by atoms with E-state index in [1.165, 1.54) is 0 Å². The van der Waals surface area contributed by atoms with Crippen LogP contribution < -0.4 is 10.1 Å². The van der Waals surface area contributed by atoms with Gasteiger partial charge in [0.25, 0.3) is 5.91 Å². The van der Waals surface area contributed by atoms with Crippen LogP contribution in [0.4, 0.5) is 5.69 Å². The molecule has 0 saturated carbocycles. The number of nitrogens with one attached hydrogen (secondary N) is 1. The number of ketones is 1. The quantitative estimate of drug-likeness (QED) is 0.576. The molecule has 27 heavy (non-hydrogen) atoms. The van der Waals surface area contributed by atoms with Gasteiger partial charge < -0.3 is 10.1 Å². The summed E-state index contributed by atoms with van der Waals surface area (Å²) < 4.78 is 5.45.